The van der Waals surface area contributed by atoms with Crippen LogP contribution in [0.4, 0.5) is 30.8 Å². The first kappa shape index (κ1) is 22.5. The smallest absolute Gasteiger partial charge is 0.381 e. The summed E-state index contributed by atoms with van der Waals surface area (Å²) in [4.78, 5) is 15.7. The number of nitrogens with one attached hydrogen (secondary N) is 1. The summed E-state index contributed by atoms with van der Waals surface area (Å²) in [5.41, 5.74) is 0.0669. The Balaban J connectivity index is 1.51. The maximum Gasteiger partial charge on any atom is 0.416 e. The molecule has 0 amide bonds. The monoisotopic (exact) mass is 474 g/mol. The Morgan fingerprint density at radius 2 is 1.91 bits per heavy atom. The summed E-state index contributed by atoms with van der Waals surface area (Å²) in [5, 5.41) is 11.2. The van der Waals surface area contributed by atoms with Gasteiger partial charge in [-0.2, -0.15) is 18.2 Å². The van der Waals surface area contributed by atoms with Gasteiger partial charge in [-0.25, -0.2) is 9.97 Å². The fourth-order valence-corrected chi connectivity index (χ4v) is 4.52. The Hall–Kier alpha value is -3.28. The number of ether oxygens (including phenoxy) is 1. The number of alkyl halides is 3. The van der Waals surface area contributed by atoms with Crippen LogP contribution in [-0.4, -0.2) is 49.5 Å². The van der Waals surface area contributed by atoms with E-state index in [-0.39, 0.29) is 17.8 Å². The van der Waals surface area contributed by atoms with Crippen LogP contribution in [0.1, 0.15) is 54.7 Å². The molecule has 5 heterocycles. The number of pyridine rings is 1. The van der Waals surface area contributed by atoms with E-state index in [1.165, 1.54) is 0 Å². The Labute approximate surface area is 194 Å². The van der Waals surface area contributed by atoms with E-state index in [1.807, 2.05) is 11.6 Å². The molecular weight excluding hydrogens is 449 g/mol. The van der Waals surface area contributed by atoms with Gasteiger partial charge < -0.3 is 19.5 Å². The summed E-state index contributed by atoms with van der Waals surface area (Å²) >= 11 is 0. The number of hydrogen-bond donors (Lipinski definition) is 1. The predicted octanol–water partition coefficient (Wildman–Crippen LogP) is 4.00. The number of hydrogen-bond acceptors (Lipinski definition) is 8. The molecule has 0 saturated carbocycles. The SMILES string of the molecule is Cn1cnnc1C1CCCN1c1nc(Nc2cc(C(F)(F)F)ccn2)cc(C2CCOCC2)n1. The zero-order valence-corrected chi connectivity index (χ0v) is 18.7. The predicted molar refractivity (Wildman–Crippen MR) is 118 cm³/mol. The lowest BCUT2D eigenvalue weighted by atomic mass is 9.96. The van der Waals surface area contributed by atoms with Crippen LogP contribution >= 0.6 is 0 Å². The average Bonchev–Trinajstić information content (AvgIpc) is 3.48. The first-order valence-electron chi connectivity index (χ1n) is 11.3. The largest absolute Gasteiger partial charge is 0.416 e. The van der Waals surface area contributed by atoms with Crippen LogP contribution in [0.2, 0.25) is 0 Å². The number of halogens is 3. The molecule has 0 bridgehead atoms. The molecule has 5 rings (SSSR count). The Morgan fingerprint density at radius 1 is 1.09 bits per heavy atom. The molecule has 2 fully saturated rings. The lowest BCUT2D eigenvalue weighted by Gasteiger charge is -2.27. The number of nitrogens with zero attached hydrogens (tertiary/aromatic N) is 7. The van der Waals surface area contributed by atoms with E-state index < -0.39 is 11.7 Å². The van der Waals surface area contributed by atoms with Gasteiger partial charge >= 0.3 is 6.18 Å². The molecule has 34 heavy (non-hydrogen) atoms. The minimum absolute atomic E-state index is 0.0306. The van der Waals surface area contributed by atoms with Crippen molar-refractivity contribution in [1.29, 1.82) is 0 Å². The maximum atomic E-state index is 13.2. The van der Waals surface area contributed by atoms with Crippen LogP contribution in [0.25, 0.3) is 0 Å². The van der Waals surface area contributed by atoms with Crippen LogP contribution in [0, 0.1) is 0 Å². The number of aromatic nitrogens is 6. The second kappa shape index (κ2) is 9.16. The van der Waals surface area contributed by atoms with E-state index in [4.69, 9.17) is 9.72 Å². The van der Waals surface area contributed by atoms with Crippen LogP contribution in [0.3, 0.4) is 0 Å². The third-order valence-electron chi connectivity index (χ3n) is 6.27. The molecule has 2 saturated heterocycles. The molecule has 0 aromatic carbocycles. The van der Waals surface area contributed by atoms with Crippen molar-refractivity contribution < 1.29 is 17.9 Å². The molecule has 9 nitrogen and oxygen atoms in total. The average molecular weight is 474 g/mol. The quantitative estimate of drug-likeness (QED) is 0.593. The number of anilines is 3. The fraction of sp³-hybridized carbons (Fsp3) is 0.500. The Bertz CT molecular complexity index is 1150. The molecule has 3 aromatic heterocycles. The lowest BCUT2D eigenvalue weighted by molar-refractivity contribution is -0.137. The van der Waals surface area contributed by atoms with Crippen molar-refractivity contribution in [3.05, 3.63) is 47.8 Å². The molecule has 1 unspecified atom stereocenters. The first-order valence-corrected chi connectivity index (χ1v) is 11.3. The number of aryl methyl sites for hydroxylation is 1. The van der Waals surface area contributed by atoms with Crippen molar-refractivity contribution in [1.82, 2.24) is 29.7 Å². The van der Waals surface area contributed by atoms with Crippen molar-refractivity contribution in [3.63, 3.8) is 0 Å². The summed E-state index contributed by atoms with van der Waals surface area (Å²) in [6.07, 6.45) is 1.82. The van der Waals surface area contributed by atoms with Gasteiger partial charge in [0.05, 0.1) is 17.3 Å². The topological polar surface area (TPSA) is 93.9 Å². The van der Waals surface area contributed by atoms with E-state index in [0.717, 1.165) is 62.1 Å². The molecule has 12 heteroatoms. The molecule has 1 N–H and O–H groups in total. The lowest BCUT2D eigenvalue weighted by Crippen LogP contribution is -2.27. The molecular formula is C22H25F3N8O. The van der Waals surface area contributed by atoms with Gasteiger partial charge in [-0.15, -0.1) is 10.2 Å². The van der Waals surface area contributed by atoms with E-state index in [1.54, 1.807) is 12.4 Å². The third kappa shape index (κ3) is 4.67. The third-order valence-corrected chi connectivity index (χ3v) is 6.27. The van der Waals surface area contributed by atoms with Crippen molar-refractivity contribution >= 4 is 17.6 Å². The van der Waals surface area contributed by atoms with Crippen LogP contribution in [0.15, 0.2) is 30.7 Å². The molecule has 180 valence electrons. The van der Waals surface area contributed by atoms with Crippen molar-refractivity contribution in [3.8, 4) is 0 Å². The van der Waals surface area contributed by atoms with Crippen LogP contribution in [-0.2, 0) is 18.0 Å². The van der Waals surface area contributed by atoms with Gasteiger partial charge in [0.25, 0.3) is 0 Å². The van der Waals surface area contributed by atoms with Gasteiger partial charge in [0.2, 0.25) is 5.95 Å². The minimum Gasteiger partial charge on any atom is -0.381 e. The fourth-order valence-electron chi connectivity index (χ4n) is 4.52. The van der Waals surface area contributed by atoms with Gasteiger partial charge in [-0.1, -0.05) is 0 Å². The van der Waals surface area contributed by atoms with Gasteiger partial charge in [0.15, 0.2) is 5.82 Å². The van der Waals surface area contributed by atoms with E-state index in [0.29, 0.717) is 25.0 Å². The normalized spacial score (nSPS) is 19.5. The zero-order chi connectivity index (χ0) is 23.7. The summed E-state index contributed by atoms with van der Waals surface area (Å²) in [7, 11) is 1.90. The van der Waals surface area contributed by atoms with E-state index in [2.05, 4.69) is 30.4 Å². The second-order valence-corrected chi connectivity index (χ2v) is 8.57. The highest BCUT2D eigenvalue weighted by molar-refractivity contribution is 5.56. The second-order valence-electron chi connectivity index (χ2n) is 8.57. The summed E-state index contributed by atoms with van der Waals surface area (Å²) in [6, 6.07) is 3.69. The van der Waals surface area contributed by atoms with Crippen molar-refractivity contribution in [2.75, 3.05) is 30.0 Å². The molecule has 3 aromatic rings. The van der Waals surface area contributed by atoms with Gasteiger partial charge in [0, 0.05) is 45.0 Å². The van der Waals surface area contributed by atoms with E-state index in [9.17, 15) is 13.2 Å². The minimum atomic E-state index is -4.46. The van der Waals surface area contributed by atoms with Gasteiger partial charge in [-0.05, 0) is 37.8 Å². The molecule has 1 atom stereocenters. The number of rotatable bonds is 5. The standard InChI is InChI=1S/C22H25F3N8O/c1-32-13-27-31-20(32)17-3-2-8-33(17)21-28-16(14-5-9-34-10-6-14)12-19(30-21)29-18-11-15(4-7-26-18)22(23,24)25/h4,7,11-14,17H,2-3,5-6,8-10H2,1H3,(H,26,28,29,30). The first-order chi connectivity index (χ1) is 16.4. The van der Waals surface area contributed by atoms with E-state index >= 15 is 0 Å². The molecule has 0 radical (unpaired) electrons. The highest BCUT2D eigenvalue weighted by Gasteiger charge is 2.33. The molecule has 2 aliphatic heterocycles. The van der Waals surface area contributed by atoms with Crippen molar-refractivity contribution in [2.45, 2.75) is 43.8 Å². The maximum absolute atomic E-state index is 13.2. The zero-order valence-electron chi connectivity index (χ0n) is 18.7. The Kier molecular flexibility index (Phi) is 6.07. The summed E-state index contributed by atoms with van der Waals surface area (Å²) in [5.74, 6) is 2.00. The van der Waals surface area contributed by atoms with Crippen LogP contribution in [0.5, 0.6) is 0 Å². The summed E-state index contributed by atoms with van der Waals surface area (Å²) in [6.45, 7) is 2.04. The molecule has 2 aliphatic rings. The highest BCUT2D eigenvalue weighted by atomic mass is 19.4. The highest BCUT2D eigenvalue weighted by Crippen LogP contribution is 2.36. The van der Waals surface area contributed by atoms with Crippen LogP contribution < -0.4 is 10.2 Å². The van der Waals surface area contributed by atoms with Gasteiger partial charge in [0.1, 0.15) is 18.0 Å². The molecule has 0 aliphatic carbocycles. The Morgan fingerprint density at radius 3 is 2.65 bits per heavy atom. The summed E-state index contributed by atoms with van der Waals surface area (Å²) < 4.78 is 46.9. The van der Waals surface area contributed by atoms with Gasteiger partial charge in [-0.3, -0.25) is 0 Å². The van der Waals surface area contributed by atoms with Crippen molar-refractivity contribution in [2.24, 2.45) is 7.05 Å². The molecule has 0 spiro atoms.